The molecule has 4 rings (SSSR count). The standard InChI is InChI=1S/C24H23N3O4/c1-29-21-11-9-19(10-12-21)23-14-20(26-31-23)16-27(17-22-8-5-13-30-22)24(28)25-15-18-6-3-2-4-7-18/h2-14H,15-17H2,1H3,(H,25,28). The predicted molar refractivity (Wildman–Crippen MR) is 115 cm³/mol. The maximum Gasteiger partial charge on any atom is 0.318 e. The zero-order valence-corrected chi connectivity index (χ0v) is 17.2. The number of hydrogen-bond acceptors (Lipinski definition) is 5. The van der Waals surface area contributed by atoms with E-state index in [1.165, 1.54) is 0 Å². The number of amides is 2. The molecule has 7 nitrogen and oxygen atoms in total. The van der Waals surface area contributed by atoms with E-state index in [9.17, 15) is 4.79 Å². The molecule has 4 aromatic rings. The molecule has 0 saturated heterocycles. The number of ether oxygens (including phenoxy) is 1. The Kier molecular flexibility index (Phi) is 6.32. The summed E-state index contributed by atoms with van der Waals surface area (Å²) in [6, 6.07) is 22.5. The van der Waals surface area contributed by atoms with Gasteiger partial charge in [0.05, 0.1) is 26.5 Å². The highest BCUT2D eigenvalue weighted by Gasteiger charge is 2.18. The van der Waals surface area contributed by atoms with Crippen LogP contribution in [-0.4, -0.2) is 23.2 Å². The van der Waals surface area contributed by atoms with Gasteiger partial charge in [-0.1, -0.05) is 35.5 Å². The molecule has 0 fully saturated rings. The molecule has 2 aromatic heterocycles. The van der Waals surface area contributed by atoms with Crippen molar-refractivity contribution in [1.29, 1.82) is 0 Å². The van der Waals surface area contributed by atoms with Crippen LogP contribution in [0.15, 0.2) is 88.0 Å². The zero-order valence-electron chi connectivity index (χ0n) is 17.2. The summed E-state index contributed by atoms with van der Waals surface area (Å²) in [4.78, 5) is 14.5. The van der Waals surface area contributed by atoms with Crippen molar-refractivity contribution in [3.63, 3.8) is 0 Å². The quantitative estimate of drug-likeness (QED) is 0.443. The Labute approximate surface area is 180 Å². The van der Waals surface area contributed by atoms with Gasteiger partial charge in [-0.3, -0.25) is 0 Å². The van der Waals surface area contributed by atoms with Crippen LogP contribution in [0.2, 0.25) is 0 Å². The summed E-state index contributed by atoms with van der Waals surface area (Å²) < 4.78 is 16.1. The van der Waals surface area contributed by atoms with Crippen molar-refractivity contribution in [3.8, 4) is 17.1 Å². The number of nitrogens with zero attached hydrogens (tertiary/aromatic N) is 2. The maximum absolute atomic E-state index is 12.9. The van der Waals surface area contributed by atoms with E-state index in [1.54, 1.807) is 24.3 Å². The van der Waals surface area contributed by atoms with E-state index in [4.69, 9.17) is 13.7 Å². The molecule has 0 aliphatic rings. The highest BCUT2D eigenvalue weighted by atomic mass is 16.5. The van der Waals surface area contributed by atoms with Gasteiger partial charge in [-0.25, -0.2) is 4.79 Å². The van der Waals surface area contributed by atoms with Crippen LogP contribution in [0.1, 0.15) is 17.0 Å². The smallest absolute Gasteiger partial charge is 0.318 e. The molecular weight excluding hydrogens is 394 g/mol. The molecule has 31 heavy (non-hydrogen) atoms. The van der Waals surface area contributed by atoms with Gasteiger partial charge in [-0.05, 0) is 42.0 Å². The third-order valence-corrected chi connectivity index (χ3v) is 4.79. The monoisotopic (exact) mass is 417 g/mol. The molecule has 0 aliphatic carbocycles. The summed E-state index contributed by atoms with van der Waals surface area (Å²) in [5, 5.41) is 7.10. The van der Waals surface area contributed by atoms with Crippen LogP contribution in [0.25, 0.3) is 11.3 Å². The van der Waals surface area contributed by atoms with Crippen molar-refractivity contribution < 1.29 is 18.5 Å². The maximum atomic E-state index is 12.9. The van der Waals surface area contributed by atoms with Crippen LogP contribution in [-0.2, 0) is 19.6 Å². The molecule has 1 N–H and O–H groups in total. The minimum atomic E-state index is -0.214. The normalized spacial score (nSPS) is 10.6. The number of carbonyl (C=O) groups is 1. The van der Waals surface area contributed by atoms with Crippen molar-refractivity contribution in [2.45, 2.75) is 19.6 Å². The molecule has 2 heterocycles. The molecule has 0 spiro atoms. The van der Waals surface area contributed by atoms with Crippen LogP contribution < -0.4 is 10.1 Å². The van der Waals surface area contributed by atoms with E-state index in [-0.39, 0.29) is 12.6 Å². The third-order valence-electron chi connectivity index (χ3n) is 4.79. The van der Waals surface area contributed by atoms with Crippen molar-refractivity contribution in [2.24, 2.45) is 0 Å². The van der Waals surface area contributed by atoms with Gasteiger partial charge in [0.1, 0.15) is 17.2 Å². The molecule has 0 atom stereocenters. The van der Waals surface area contributed by atoms with Gasteiger partial charge < -0.3 is 23.9 Å². The van der Waals surface area contributed by atoms with Crippen LogP contribution >= 0.6 is 0 Å². The Balaban J connectivity index is 1.46. The summed E-state index contributed by atoms with van der Waals surface area (Å²) in [7, 11) is 1.62. The van der Waals surface area contributed by atoms with E-state index < -0.39 is 0 Å². The number of benzene rings is 2. The van der Waals surface area contributed by atoms with Gasteiger partial charge in [-0.15, -0.1) is 0 Å². The molecule has 0 unspecified atom stereocenters. The predicted octanol–water partition coefficient (Wildman–Crippen LogP) is 4.86. The van der Waals surface area contributed by atoms with Crippen molar-refractivity contribution in [3.05, 3.63) is 96.1 Å². The zero-order chi connectivity index (χ0) is 21.5. The second-order valence-electron chi connectivity index (χ2n) is 6.99. The number of aromatic nitrogens is 1. The molecular formula is C24H23N3O4. The third kappa shape index (κ3) is 5.33. The topological polar surface area (TPSA) is 80.7 Å². The molecule has 0 bridgehead atoms. The summed E-state index contributed by atoms with van der Waals surface area (Å²) in [6.45, 7) is 1.03. The van der Waals surface area contributed by atoms with Gasteiger partial charge in [0.25, 0.3) is 0 Å². The summed E-state index contributed by atoms with van der Waals surface area (Å²) in [5.41, 5.74) is 2.55. The number of nitrogens with one attached hydrogen (secondary N) is 1. The van der Waals surface area contributed by atoms with Crippen LogP contribution in [0.3, 0.4) is 0 Å². The van der Waals surface area contributed by atoms with Crippen LogP contribution in [0.4, 0.5) is 4.79 Å². The van der Waals surface area contributed by atoms with Crippen LogP contribution in [0, 0.1) is 0 Å². The minimum Gasteiger partial charge on any atom is -0.497 e. The summed E-state index contributed by atoms with van der Waals surface area (Å²) in [6.07, 6.45) is 1.59. The van der Waals surface area contributed by atoms with Crippen molar-refractivity contribution in [2.75, 3.05) is 7.11 Å². The minimum absolute atomic E-state index is 0.214. The Morgan fingerprint density at radius 2 is 1.84 bits per heavy atom. The number of hydrogen-bond donors (Lipinski definition) is 1. The van der Waals surface area contributed by atoms with Gasteiger partial charge in [-0.2, -0.15) is 0 Å². The highest BCUT2D eigenvalue weighted by Crippen LogP contribution is 2.24. The van der Waals surface area contributed by atoms with E-state index in [0.717, 1.165) is 16.9 Å². The van der Waals surface area contributed by atoms with Gasteiger partial charge >= 0.3 is 6.03 Å². The van der Waals surface area contributed by atoms with Crippen LogP contribution in [0.5, 0.6) is 5.75 Å². The number of urea groups is 1. The summed E-state index contributed by atoms with van der Waals surface area (Å²) >= 11 is 0. The molecule has 2 aromatic carbocycles. The molecule has 7 heteroatoms. The molecule has 0 saturated carbocycles. The first-order valence-electron chi connectivity index (χ1n) is 9.90. The van der Waals surface area contributed by atoms with Gasteiger partial charge in [0.2, 0.25) is 0 Å². The molecule has 158 valence electrons. The van der Waals surface area contributed by atoms with Crippen molar-refractivity contribution in [1.82, 2.24) is 15.4 Å². The number of methoxy groups -OCH3 is 1. The lowest BCUT2D eigenvalue weighted by molar-refractivity contribution is 0.185. The fraction of sp³-hybridized carbons (Fsp3) is 0.167. The molecule has 2 amide bonds. The Morgan fingerprint density at radius 3 is 2.55 bits per heavy atom. The van der Waals surface area contributed by atoms with E-state index >= 15 is 0 Å². The fourth-order valence-corrected chi connectivity index (χ4v) is 3.15. The average molecular weight is 417 g/mol. The SMILES string of the molecule is COc1ccc(-c2cc(CN(Cc3ccco3)C(=O)NCc3ccccc3)no2)cc1. The Hall–Kier alpha value is -4.00. The number of rotatable bonds is 8. The second-order valence-corrected chi connectivity index (χ2v) is 6.99. The largest absolute Gasteiger partial charge is 0.497 e. The number of furan rings is 1. The second kappa shape index (κ2) is 9.67. The van der Waals surface area contributed by atoms with Gasteiger partial charge in [0, 0.05) is 18.2 Å². The lowest BCUT2D eigenvalue weighted by Gasteiger charge is -2.21. The lowest BCUT2D eigenvalue weighted by Crippen LogP contribution is -2.38. The summed E-state index contributed by atoms with van der Waals surface area (Å²) in [5.74, 6) is 2.08. The van der Waals surface area contributed by atoms with E-state index in [1.807, 2.05) is 66.7 Å². The van der Waals surface area contributed by atoms with Crippen molar-refractivity contribution >= 4 is 6.03 Å². The average Bonchev–Trinajstić information content (AvgIpc) is 3.50. The fourth-order valence-electron chi connectivity index (χ4n) is 3.15. The van der Waals surface area contributed by atoms with E-state index in [2.05, 4.69) is 10.5 Å². The molecule has 0 radical (unpaired) electrons. The molecule has 0 aliphatic heterocycles. The number of carbonyl (C=O) groups excluding carboxylic acids is 1. The highest BCUT2D eigenvalue weighted by molar-refractivity contribution is 5.74. The first kappa shape index (κ1) is 20.3. The lowest BCUT2D eigenvalue weighted by atomic mass is 10.1. The van der Waals surface area contributed by atoms with Gasteiger partial charge in [0.15, 0.2) is 5.76 Å². The first-order chi connectivity index (χ1) is 15.2. The van der Waals surface area contributed by atoms with E-state index in [0.29, 0.717) is 30.3 Å². The Bertz CT molecular complexity index is 1090. The Morgan fingerprint density at radius 1 is 1.03 bits per heavy atom. The first-order valence-corrected chi connectivity index (χ1v) is 9.90.